The molecule has 0 unspecified atom stereocenters. The monoisotopic (exact) mass is 424 g/mol. The van der Waals surface area contributed by atoms with Gasteiger partial charge in [-0.3, -0.25) is 9.69 Å². The first-order valence-electron chi connectivity index (χ1n) is 7.50. The van der Waals surface area contributed by atoms with Crippen LogP contribution in [0.2, 0.25) is 0 Å². The van der Waals surface area contributed by atoms with Crippen LogP contribution in [0.15, 0.2) is 58.7 Å². The molecule has 0 bridgehead atoms. The van der Waals surface area contributed by atoms with Crippen molar-refractivity contribution in [3.63, 3.8) is 0 Å². The molecule has 3 rings (SSSR count). The smallest absolute Gasteiger partial charge is 0.303 e. The predicted molar refractivity (Wildman–Crippen MR) is 92.6 cm³/mol. The molecule has 0 aromatic heterocycles. The van der Waals surface area contributed by atoms with Crippen LogP contribution in [0.5, 0.6) is 0 Å². The third-order valence-electron chi connectivity index (χ3n) is 3.77. The number of rotatable bonds is 3. The molecule has 134 valence electrons. The van der Waals surface area contributed by atoms with Crippen molar-refractivity contribution in [2.45, 2.75) is 12.7 Å². The maximum absolute atomic E-state index is 12.6. The molecular formula is C18H12BrF3N2O2. The highest BCUT2D eigenvalue weighted by atomic mass is 79.9. The second kappa shape index (κ2) is 6.95. The van der Waals surface area contributed by atoms with E-state index in [0.717, 1.165) is 27.1 Å². The Bertz CT molecular complexity index is 875. The number of imide groups is 1. The average Bonchev–Trinajstić information content (AvgIpc) is 2.84. The second-order valence-corrected chi connectivity index (χ2v) is 6.54. The van der Waals surface area contributed by atoms with Gasteiger partial charge in [0.2, 0.25) is 0 Å². The van der Waals surface area contributed by atoms with Gasteiger partial charge < -0.3 is 5.32 Å². The largest absolute Gasteiger partial charge is 0.416 e. The SMILES string of the molecule is O=C1N/C(=C/c2ccc(C(F)(F)F)cc2)C(=O)N1Cc1ccc(Br)cc1. The molecule has 1 saturated heterocycles. The highest BCUT2D eigenvalue weighted by molar-refractivity contribution is 9.10. The lowest BCUT2D eigenvalue weighted by Gasteiger charge is -2.11. The zero-order chi connectivity index (χ0) is 18.9. The van der Waals surface area contributed by atoms with Crippen molar-refractivity contribution in [2.24, 2.45) is 0 Å². The number of amides is 3. The summed E-state index contributed by atoms with van der Waals surface area (Å²) < 4.78 is 38.6. The van der Waals surface area contributed by atoms with Crippen LogP contribution < -0.4 is 5.32 Å². The molecule has 0 radical (unpaired) electrons. The topological polar surface area (TPSA) is 49.4 Å². The number of carbonyl (C=O) groups excluding carboxylic acids is 2. The standard InChI is InChI=1S/C18H12BrF3N2O2/c19-14-7-3-12(4-8-14)10-24-16(25)15(23-17(24)26)9-11-1-5-13(6-2-11)18(20,21)22/h1-9H,10H2,(H,23,26)/b15-9+. The maximum atomic E-state index is 12.6. The van der Waals surface area contributed by atoms with Gasteiger partial charge in [0.25, 0.3) is 5.91 Å². The molecular weight excluding hydrogens is 413 g/mol. The number of urea groups is 1. The summed E-state index contributed by atoms with van der Waals surface area (Å²) in [5.74, 6) is -0.530. The molecule has 0 aliphatic carbocycles. The molecule has 26 heavy (non-hydrogen) atoms. The summed E-state index contributed by atoms with van der Waals surface area (Å²) in [6, 6.07) is 10.9. The summed E-state index contributed by atoms with van der Waals surface area (Å²) in [5, 5.41) is 2.45. The molecule has 3 amide bonds. The van der Waals surface area contributed by atoms with Crippen LogP contribution in [0.1, 0.15) is 16.7 Å². The Morgan fingerprint density at radius 1 is 1.00 bits per heavy atom. The van der Waals surface area contributed by atoms with Crippen LogP contribution in [0.25, 0.3) is 6.08 Å². The van der Waals surface area contributed by atoms with E-state index < -0.39 is 23.7 Å². The van der Waals surface area contributed by atoms with Crippen molar-refractivity contribution in [1.29, 1.82) is 0 Å². The molecule has 4 nitrogen and oxygen atoms in total. The number of hydrogen-bond donors (Lipinski definition) is 1. The molecule has 8 heteroatoms. The molecule has 1 N–H and O–H groups in total. The number of halogens is 4. The molecule has 1 aliphatic rings. The number of carbonyl (C=O) groups is 2. The van der Waals surface area contributed by atoms with Crippen molar-refractivity contribution >= 4 is 33.9 Å². The number of benzene rings is 2. The van der Waals surface area contributed by atoms with Crippen LogP contribution >= 0.6 is 15.9 Å². The Hall–Kier alpha value is -2.61. The lowest BCUT2D eigenvalue weighted by atomic mass is 10.1. The minimum Gasteiger partial charge on any atom is -0.303 e. The summed E-state index contributed by atoms with van der Waals surface area (Å²) in [7, 11) is 0. The van der Waals surface area contributed by atoms with E-state index in [-0.39, 0.29) is 12.2 Å². The highest BCUT2D eigenvalue weighted by Gasteiger charge is 2.33. The fourth-order valence-electron chi connectivity index (χ4n) is 2.42. The molecule has 0 spiro atoms. The van der Waals surface area contributed by atoms with E-state index in [9.17, 15) is 22.8 Å². The van der Waals surface area contributed by atoms with E-state index in [1.807, 2.05) is 0 Å². The molecule has 1 aliphatic heterocycles. The van der Waals surface area contributed by atoms with Crippen molar-refractivity contribution in [2.75, 3.05) is 0 Å². The number of nitrogens with one attached hydrogen (secondary N) is 1. The van der Waals surface area contributed by atoms with Gasteiger partial charge in [-0.15, -0.1) is 0 Å². The normalized spacial score (nSPS) is 16.3. The average molecular weight is 425 g/mol. The lowest BCUT2D eigenvalue weighted by molar-refractivity contribution is -0.137. The van der Waals surface area contributed by atoms with Crippen molar-refractivity contribution < 1.29 is 22.8 Å². The fourth-order valence-corrected chi connectivity index (χ4v) is 2.69. The van der Waals surface area contributed by atoms with E-state index in [4.69, 9.17) is 0 Å². The summed E-state index contributed by atoms with van der Waals surface area (Å²) in [5.41, 5.74) is 0.393. The van der Waals surface area contributed by atoms with Gasteiger partial charge in [0.05, 0.1) is 12.1 Å². The van der Waals surface area contributed by atoms with Gasteiger partial charge in [0.1, 0.15) is 5.70 Å². The van der Waals surface area contributed by atoms with Crippen LogP contribution in [-0.2, 0) is 17.5 Å². The third-order valence-corrected chi connectivity index (χ3v) is 4.29. The number of nitrogens with zero attached hydrogens (tertiary/aromatic N) is 1. The molecule has 0 saturated carbocycles. The van der Waals surface area contributed by atoms with Gasteiger partial charge >= 0.3 is 12.2 Å². The Labute approximate surface area is 155 Å². The minimum absolute atomic E-state index is 0.0203. The molecule has 1 fully saturated rings. The van der Waals surface area contributed by atoms with Crippen molar-refractivity contribution in [3.05, 3.63) is 75.4 Å². The Kier molecular flexibility index (Phi) is 4.86. The van der Waals surface area contributed by atoms with Gasteiger partial charge in [-0.1, -0.05) is 40.2 Å². The highest BCUT2D eigenvalue weighted by Crippen LogP contribution is 2.29. The first-order valence-corrected chi connectivity index (χ1v) is 8.29. The summed E-state index contributed by atoms with van der Waals surface area (Å²) in [6.07, 6.45) is -3.08. The first kappa shape index (κ1) is 18.2. The predicted octanol–water partition coefficient (Wildman–Crippen LogP) is 4.56. The lowest BCUT2D eigenvalue weighted by Crippen LogP contribution is -2.30. The van der Waals surface area contributed by atoms with Crippen LogP contribution in [0.4, 0.5) is 18.0 Å². The van der Waals surface area contributed by atoms with Gasteiger partial charge in [-0.25, -0.2) is 4.79 Å². The quantitative estimate of drug-likeness (QED) is 0.579. The second-order valence-electron chi connectivity index (χ2n) is 5.63. The van der Waals surface area contributed by atoms with Gasteiger partial charge in [-0.05, 0) is 41.5 Å². The van der Waals surface area contributed by atoms with Gasteiger partial charge in [-0.2, -0.15) is 13.2 Å². The van der Waals surface area contributed by atoms with Crippen molar-refractivity contribution in [1.82, 2.24) is 10.2 Å². The Balaban J connectivity index is 1.77. The molecule has 0 atom stereocenters. The van der Waals surface area contributed by atoms with E-state index in [1.54, 1.807) is 24.3 Å². The number of alkyl halides is 3. The van der Waals surface area contributed by atoms with Gasteiger partial charge in [0, 0.05) is 4.47 Å². The summed E-state index contributed by atoms with van der Waals surface area (Å²) in [4.78, 5) is 25.5. The molecule has 1 heterocycles. The third kappa shape index (κ3) is 3.96. The van der Waals surface area contributed by atoms with Crippen LogP contribution in [0, 0.1) is 0 Å². The fraction of sp³-hybridized carbons (Fsp3) is 0.111. The zero-order valence-electron chi connectivity index (χ0n) is 13.2. The van der Waals surface area contributed by atoms with E-state index in [2.05, 4.69) is 21.2 Å². The molecule has 2 aromatic rings. The Morgan fingerprint density at radius 2 is 1.62 bits per heavy atom. The number of hydrogen-bond acceptors (Lipinski definition) is 2. The van der Waals surface area contributed by atoms with E-state index >= 15 is 0 Å². The van der Waals surface area contributed by atoms with E-state index in [0.29, 0.717) is 5.56 Å². The first-order chi connectivity index (χ1) is 12.2. The Morgan fingerprint density at radius 3 is 2.19 bits per heavy atom. The van der Waals surface area contributed by atoms with Crippen LogP contribution in [-0.4, -0.2) is 16.8 Å². The minimum atomic E-state index is -4.43. The van der Waals surface area contributed by atoms with Gasteiger partial charge in [0.15, 0.2) is 0 Å². The zero-order valence-corrected chi connectivity index (χ0v) is 14.8. The van der Waals surface area contributed by atoms with E-state index in [1.165, 1.54) is 18.2 Å². The summed E-state index contributed by atoms with van der Waals surface area (Å²) in [6.45, 7) is 0.0995. The van der Waals surface area contributed by atoms with Crippen molar-refractivity contribution in [3.8, 4) is 0 Å². The summed E-state index contributed by atoms with van der Waals surface area (Å²) >= 11 is 3.31. The maximum Gasteiger partial charge on any atom is 0.416 e. The molecule has 2 aromatic carbocycles. The van der Waals surface area contributed by atoms with Crippen LogP contribution in [0.3, 0.4) is 0 Å².